The molecule has 0 aliphatic carbocycles. The van der Waals surface area contributed by atoms with Crippen molar-refractivity contribution >= 4 is 33.9 Å². The molecule has 0 fully saturated rings. The Bertz CT molecular complexity index is 821. The number of ether oxygens (including phenoxy) is 2. The van der Waals surface area contributed by atoms with Crippen molar-refractivity contribution in [3.05, 3.63) is 53.7 Å². The van der Waals surface area contributed by atoms with Gasteiger partial charge in [-0.2, -0.15) is 0 Å². The number of aromatic nitrogens is 1. The van der Waals surface area contributed by atoms with Crippen LogP contribution in [0.5, 0.6) is 11.5 Å². The van der Waals surface area contributed by atoms with Gasteiger partial charge in [0.15, 0.2) is 0 Å². The highest BCUT2D eigenvalue weighted by Gasteiger charge is 2.09. The summed E-state index contributed by atoms with van der Waals surface area (Å²) < 4.78 is 10.6. The SMILES string of the molecule is COc1ccc(Nc2ccnc3c(Cl)cccc23)c(OC)c1. The van der Waals surface area contributed by atoms with Gasteiger partial charge in [0, 0.05) is 23.3 Å². The number of hydrogen-bond donors (Lipinski definition) is 1. The van der Waals surface area contributed by atoms with Crippen molar-refractivity contribution in [3.63, 3.8) is 0 Å². The molecule has 0 radical (unpaired) electrons. The van der Waals surface area contributed by atoms with Crippen LogP contribution in [0.3, 0.4) is 0 Å². The third-order valence-electron chi connectivity index (χ3n) is 3.40. The molecule has 0 amide bonds. The van der Waals surface area contributed by atoms with Gasteiger partial charge in [0.05, 0.1) is 30.4 Å². The second kappa shape index (κ2) is 6.12. The van der Waals surface area contributed by atoms with Gasteiger partial charge in [0.25, 0.3) is 0 Å². The maximum Gasteiger partial charge on any atom is 0.145 e. The van der Waals surface area contributed by atoms with Gasteiger partial charge < -0.3 is 14.8 Å². The number of hydrogen-bond acceptors (Lipinski definition) is 4. The largest absolute Gasteiger partial charge is 0.497 e. The third-order valence-corrected chi connectivity index (χ3v) is 3.70. The second-order valence-corrected chi connectivity index (χ2v) is 5.09. The Labute approximate surface area is 133 Å². The summed E-state index contributed by atoms with van der Waals surface area (Å²) in [6.07, 6.45) is 1.73. The number of halogens is 1. The van der Waals surface area contributed by atoms with Crippen LogP contribution < -0.4 is 14.8 Å². The lowest BCUT2D eigenvalue weighted by molar-refractivity contribution is 0.395. The van der Waals surface area contributed by atoms with Crippen molar-refractivity contribution in [2.24, 2.45) is 0 Å². The van der Waals surface area contributed by atoms with E-state index >= 15 is 0 Å². The van der Waals surface area contributed by atoms with E-state index in [1.807, 2.05) is 42.5 Å². The minimum Gasteiger partial charge on any atom is -0.497 e. The van der Waals surface area contributed by atoms with Gasteiger partial charge >= 0.3 is 0 Å². The molecule has 0 spiro atoms. The van der Waals surface area contributed by atoms with E-state index in [-0.39, 0.29) is 0 Å². The Morgan fingerprint density at radius 2 is 1.86 bits per heavy atom. The summed E-state index contributed by atoms with van der Waals surface area (Å²) in [6.45, 7) is 0. The Kier molecular flexibility index (Phi) is 4.02. The first-order valence-electron chi connectivity index (χ1n) is 6.75. The number of methoxy groups -OCH3 is 2. The van der Waals surface area contributed by atoms with Gasteiger partial charge in [-0.3, -0.25) is 4.98 Å². The zero-order valence-electron chi connectivity index (χ0n) is 12.3. The van der Waals surface area contributed by atoms with Crippen LogP contribution in [0.1, 0.15) is 0 Å². The molecule has 0 aliphatic rings. The van der Waals surface area contributed by atoms with Gasteiger partial charge in [-0.25, -0.2) is 0 Å². The molecule has 5 heteroatoms. The van der Waals surface area contributed by atoms with Crippen molar-refractivity contribution in [1.29, 1.82) is 0 Å². The molecule has 0 bridgehead atoms. The number of pyridine rings is 1. The first kappa shape index (κ1) is 14.5. The normalized spacial score (nSPS) is 10.5. The zero-order valence-corrected chi connectivity index (χ0v) is 13.0. The number of benzene rings is 2. The predicted octanol–water partition coefficient (Wildman–Crippen LogP) is 4.65. The minimum atomic E-state index is 0.628. The lowest BCUT2D eigenvalue weighted by atomic mass is 10.1. The maximum absolute atomic E-state index is 6.20. The van der Waals surface area contributed by atoms with Crippen LogP contribution in [0.2, 0.25) is 5.02 Å². The fourth-order valence-electron chi connectivity index (χ4n) is 2.30. The van der Waals surface area contributed by atoms with E-state index in [2.05, 4.69) is 10.3 Å². The van der Waals surface area contributed by atoms with Gasteiger partial charge in [0.1, 0.15) is 11.5 Å². The molecule has 1 N–H and O–H groups in total. The lowest BCUT2D eigenvalue weighted by Gasteiger charge is -2.14. The molecule has 2 aromatic carbocycles. The Balaban J connectivity index is 2.05. The van der Waals surface area contributed by atoms with Crippen molar-refractivity contribution in [1.82, 2.24) is 4.98 Å². The molecule has 1 aromatic heterocycles. The summed E-state index contributed by atoms with van der Waals surface area (Å²) in [5, 5.41) is 4.95. The Morgan fingerprint density at radius 1 is 1.00 bits per heavy atom. The molecule has 0 saturated heterocycles. The van der Waals surface area contributed by atoms with Crippen LogP contribution in [0, 0.1) is 0 Å². The van der Waals surface area contributed by atoms with Crippen LogP contribution in [0.4, 0.5) is 11.4 Å². The molecule has 4 nitrogen and oxygen atoms in total. The van der Waals surface area contributed by atoms with Crippen molar-refractivity contribution in [2.75, 3.05) is 19.5 Å². The number of rotatable bonds is 4. The van der Waals surface area contributed by atoms with Crippen LogP contribution in [0.15, 0.2) is 48.7 Å². The molecular formula is C17H15ClN2O2. The molecule has 112 valence electrons. The zero-order chi connectivity index (χ0) is 15.5. The summed E-state index contributed by atoms with van der Waals surface area (Å²) in [5.74, 6) is 1.44. The van der Waals surface area contributed by atoms with Crippen LogP contribution in [0.25, 0.3) is 10.9 Å². The Morgan fingerprint density at radius 3 is 2.64 bits per heavy atom. The predicted molar refractivity (Wildman–Crippen MR) is 89.6 cm³/mol. The third kappa shape index (κ3) is 2.65. The van der Waals surface area contributed by atoms with E-state index < -0.39 is 0 Å². The number of fused-ring (bicyclic) bond motifs is 1. The quantitative estimate of drug-likeness (QED) is 0.761. The van der Waals surface area contributed by atoms with E-state index in [1.165, 1.54) is 0 Å². The lowest BCUT2D eigenvalue weighted by Crippen LogP contribution is -1.97. The van der Waals surface area contributed by atoms with Crippen molar-refractivity contribution < 1.29 is 9.47 Å². The summed E-state index contributed by atoms with van der Waals surface area (Å²) >= 11 is 6.20. The number of nitrogens with one attached hydrogen (secondary N) is 1. The van der Waals surface area contributed by atoms with E-state index in [0.717, 1.165) is 28.0 Å². The highest BCUT2D eigenvalue weighted by molar-refractivity contribution is 6.35. The van der Waals surface area contributed by atoms with Gasteiger partial charge in [-0.1, -0.05) is 23.7 Å². The fraction of sp³-hybridized carbons (Fsp3) is 0.118. The molecule has 0 saturated carbocycles. The molecule has 0 atom stereocenters. The van der Waals surface area contributed by atoms with Crippen LogP contribution >= 0.6 is 11.6 Å². The topological polar surface area (TPSA) is 43.4 Å². The highest BCUT2D eigenvalue weighted by atomic mass is 35.5. The standard InChI is InChI=1S/C17H15ClN2O2/c1-21-11-6-7-15(16(10-11)22-2)20-14-8-9-19-17-12(14)4-3-5-13(17)18/h3-10H,1-2H3,(H,19,20). The van der Waals surface area contributed by atoms with Gasteiger partial charge in [-0.05, 0) is 24.3 Å². The number of anilines is 2. The molecule has 3 rings (SSSR count). The molecule has 1 heterocycles. The second-order valence-electron chi connectivity index (χ2n) is 4.69. The Hall–Kier alpha value is -2.46. The van der Waals surface area contributed by atoms with Crippen LogP contribution in [-0.2, 0) is 0 Å². The van der Waals surface area contributed by atoms with E-state index in [0.29, 0.717) is 10.8 Å². The smallest absolute Gasteiger partial charge is 0.145 e. The summed E-state index contributed by atoms with van der Waals surface area (Å²) in [6, 6.07) is 13.2. The van der Waals surface area contributed by atoms with E-state index in [9.17, 15) is 0 Å². The first-order valence-corrected chi connectivity index (χ1v) is 7.13. The molecular weight excluding hydrogens is 300 g/mol. The van der Waals surface area contributed by atoms with Crippen molar-refractivity contribution in [2.45, 2.75) is 0 Å². The van der Waals surface area contributed by atoms with Gasteiger partial charge in [0.2, 0.25) is 0 Å². The van der Waals surface area contributed by atoms with Crippen molar-refractivity contribution in [3.8, 4) is 11.5 Å². The number of nitrogens with zero attached hydrogens (tertiary/aromatic N) is 1. The summed E-state index contributed by atoms with van der Waals surface area (Å²) in [5.41, 5.74) is 2.52. The number of para-hydroxylation sites is 1. The molecule has 22 heavy (non-hydrogen) atoms. The molecule has 3 aromatic rings. The average molecular weight is 315 g/mol. The van der Waals surface area contributed by atoms with Crippen LogP contribution in [-0.4, -0.2) is 19.2 Å². The summed E-state index contributed by atoms with van der Waals surface area (Å²) in [7, 11) is 3.25. The maximum atomic E-state index is 6.20. The minimum absolute atomic E-state index is 0.628. The molecule has 0 aliphatic heterocycles. The van der Waals surface area contributed by atoms with E-state index in [1.54, 1.807) is 20.4 Å². The first-order chi connectivity index (χ1) is 10.7. The fourth-order valence-corrected chi connectivity index (χ4v) is 2.52. The summed E-state index contributed by atoms with van der Waals surface area (Å²) in [4.78, 5) is 4.33. The monoisotopic (exact) mass is 314 g/mol. The van der Waals surface area contributed by atoms with E-state index in [4.69, 9.17) is 21.1 Å². The average Bonchev–Trinajstić information content (AvgIpc) is 2.56. The van der Waals surface area contributed by atoms with Gasteiger partial charge in [-0.15, -0.1) is 0 Å². The molecule has 0 unspecified atom stereocenters. The highest BCUT2D eigenvalue weighted by Crippen LogP contribution is 2.34.